The van der Waals surface area contributed by atoms with E-state index < -0.39 is 0 Å². The monoisotopic (exact) mass is 274 g/mol. The fraction of sp³-hybridized carbons (Fsp3) is 0.333. The molecule has 0 aliphatic heterocycles. The van der Waals surface area contributed by atoms with Gasteiger partial charge < -0.3 is 9.47 Å². The molecule has 0 fully saturated rings. The minimum absolute atomic E-state index is 0.000463. The van der Waals surface area contributed by atoms with Crippen molar-refractivity contribution in [3.8, 4) is 11.5 Å². The van der Waals surface area contributed by atoms with Gasteiger partial charge in [-0.15, -0.1) is 0 Å². The quantitative estimate of drug-likeness (QED) is 0.758. The van der Waals surface area contributed by atoms with Gasteiger partial charge in [0.05, 0.1) is 14.2 Å². The Balaban J connectivity index is 2.18. The lowest BCUT2D eigenvalue weighted by molar-refractivity contribution is 0.0976. The predicted octanol–water partition coefficient (Wildman–Crippen LogP) is 2.25. The maximum Gasteiger partial charge on any atom is 0.170 e. The van der Waals surface area contributed by atoms with Crippen molar-refractivity contribution in [2.75, 3.05) is 14.2 Å². The van der Waals surface area contributed by atoms with Gasteiger partial charge in [0.1, 0.15) is 17.1 Å². The van der Waals surface area contributed by atoms with Gasteiger partial charge in [0.15, 0.2) is 5.78 Å². The van der Waals surface area contributed by atoms with Crippen LogP contribution in [0.1, 0.15) is 22.5 Å². The zero-order chi connectivity index (χ0) is 14.5. The van der Waals surface area contributed by atoms with Crippen LogP contribution in [0, 0.1) is 0 Å². The number of rotatable bonds is 6. The molecule has 0 amide bonds. The normalized spacial score (nSPS) is 10.3. The van der Waals surface area contributed by atoms with Crippen molar-refractivity contribution in [1.82, 2.24) is 9.78 Å². The Labute approximate surface area is 118 Å². The van der Waals surface area contributed by atoms with Crippen molar-refractivity contribution < 1.29 is 14.3 Å². The van der Waals surface area contributed by atoms with Crippen molar-refractivity contribution in [2.45, 2.75) is 12.8 Å². The topological polar surface area (TPSA) is 53.4 Å². The molecule has 0 bridgehead atoms. The van der Waals surface area contributed by atoms with Crippen LogP contribution in [-0.2, 0) is 13.5 Å². The Morgan fingerprint density at radius 3 is 2.35 bits per heavy atom. The van der Waals surface area contributed by atoms with Gasteiger partial charge in [0.2, 0.25) is 0 Å². The number of aryl methyl sites for hydroxylation is 2. The van der Waals surface area contributed by atoms with Crippen LogP contribution in [0.4, 0.5) is 0 Å². The van der Waals surface area contributed by atoms with Gasteiger partial charge >= 0.3 is 0 Å². The van der Waals surface area contributed by atoms with E-state index in [1.807, 2.05) is 13.1 Å². The summed E-state index contributed by atoms with van der Waals surface area (Å²) in [5, 5.41) is 4.09. The Hall–Kier alpha value is -2.30. The second-order valence-corrected chi connectivity index (χ2v) is 4.41. The zero-order valence-electron chi connectivity index (χ0n) is 11.9. The molecular weight excluding hydrogens is 256 g/mol. The standard InChI is InChI=1S/C15H18N2O3/c1-17-11(9-10-16-17)7-8-12(18)15-13(19-2)5-4-6-14(15)20-3/h4-6,9-10H,7-8H2,1-3H3. The SMILES string of the molecule is COc1cccc(OC)c1C(=O)CCc1ccnn1C. The number of hydrogen-bond acceptors (Lipinski definition) is 4. The number of ketones is 1. The molecular formula is C15H18N2O3. The highest BCUT2D eigenvalue weighted by Gasteiger charge is 2.18. The molecule has 1 aromatic heterocycles. The lowest BCUT2D eigenvalue weighted by atomic mass is 10.0. The molecule has 2 aromatic rings. The van der Waals surface area contributed by atoms with E-state index in [-0.39, 0.29) is 5.78 Å². The first-order valence-electron chi connectivity index (χ1n) is 6.38. The summed E-state index contributed by atoms with van der Waals surface area (Å²) in [6, 6.07) is 7.24. The van der Waals surface area contributed by atoms with Crippen molar-refractivity contribution in [2.24, 2.45) is 7.05 Å². The lowest BCUT2D eigenvalue weighted by Gasteiger charge is -2.12. The molecule has 1 heterocycles. The van der Waals surface area contributed by atoms with Crippen LogP contribution in [0.2, 0.25) is 0 Å². The second-order valence-electron chi connectivity index (χ2n) is 4.41. The highest BCUT2D eigenvalue weighted by Crippen LogP contribution is 2.29. The summed E-state index contributed by atoms with van der Waals surface area (Å²) in [7, 11) is 4.96. The number of carbonyl (C=O) groups is 1. The molecule has 1 aromatic carbocycles. The number of ether oxygens (including phenoxy) is 2. The van der Waals surface area contributed by atoms with Crippen LogP contribution >= 0.6 is 0 Å². The number of Topliss-reactive ketones (excluding diaryl/α,β-unsaturated/α-hetero) is 1. The number of carbonyl (C=O) groups excluding carboxylic acids is 1. The van der Waals surface area contributed by atoms with Crippen LogP contribution in [0.3, 0.4) is 0 Å². The fourth-order valence-corrected chi connectivity index (χ4v) is 2.14. The summed E-state index contributed by atoms with van der Waals surface area (Å²) < 4.78 is 12.3. The molecule has 0 saturated carbocycles. The molecule has 0 unspecified atom stereocenters. The number of nitrogens with zero attached hydrogens (tertiary/aromatic N) is 2. The summed E-state index contributed by atoms with van der Waals surface area (Å²) in [5.74, 6) is 1.08. The predicted molar refractivity (Wildman–Crippen MR) is 75.4 cm³/mol. The van der Waals surface area contributed by atoms with E-state index in [1.165, 1.54) is 0 Å². The van der Waals surface area contributed by atoms with E-state index >= 15 is 0 Å². The van der Waals surface area contributed by atoms with E-state index in [4.69, 9.17) is 9.47 Å². The molecule has 20 heavy (non-hydrogen) atoms. The molecule has 0 atom stereocenters. The Morgan fingerprint density at radius 2 is 1.85 bits per heavy atom. The van der Waals surface area contributed by atoms with Gasteiger partial charge in [-0.25, -0.2) is 0 Å². The summed E-state index contributed by atoms with van der Waals surface area (Å²) in [5.41, 5.74) is 1.52. The van der Waals surface area contributed by atoms with E-state index in [1.54, 1.807) is 43.3 Å². The van der Waals surface area contributed by atoms with Crippen LogP contribution in [0.25, 0.3) is 0 Å². The van der Waals surface area contributed by atoms with Crippen molar-refractivity contribution in [3.05, 3.63) is 41.7 Å². The number of benzene rings is 1. The molecule has 2 rings (SSSR count). The van der Waals surface area contributed by atoms with Crippen LogP contribution in [0.5, 0.6) is 11.5 Å². The third-order valence-corrected chi connectivity index (χ3v) is 3.24. The molecule has 5 heteroatoms. The number of methoxy groups -OCH3 is 2. The van der Waals surface area contributed by atoms with E-state index in [2.05, 4.69) is 5.10 Å². The third-order valence-electron chi connectivity index (χ3n) is 3.24. The van der Waals surface area contributed by atoms with Gasteiger partial charge in [-0.2, -0.15) is 5.10 Å². The maximum atomic E-state index is 12.4. The number of aromatic nitrogens is 2. The Bertz CT molecular complexity index is 583. The molecule has 0 spiro atoms. The average Bonchev–Trinajstić information content (AvgIpc) is 2.89. The summed E-state index contributed by atoms with van der Waals surface area (Å²) in [6.07, 6.45) is 2.75. The first kappa shape index (κ1) is 14.1. The molecule has 106 valence electrons. The van der Waals surface area contributed by atoms with Gasteiger partial charge in [0, 0.05) is 25.4 Å². The zero-order valence-corrected chi connectivity index (χ0v) is 11.9. The maximum absolute atomic E-state index is 12.4. The van der Waals surface area contributed by atoms with Gasteiger partial charge in [-0.3, -0.25) is 9.48 Å². The first-order valence-corrected chi connectivity index (χ1v) is 6.38. The smallest absolute Gasteiger partial charge is 0.170 e. The van der Waals surface area contributed by atoms with E-state index in [0.29, 0.717) is 29.9 Å². The molecule has 0 aliphatic carbocycles. The number of hydrogen-bond donors (Lipinski definition) is 0. The van der Waals surface area contributed by atoms with Crippen molar-refractivity contribution >= 4 is 5.78 Å². The van der Waals surface area contributed by atoms with Crippen LogP contribution in [-0.4, -0.2) is 29.8 Å². The third kappa shape index (κ3) is 2.82. The molecule has 0 radical (unpaired) electrons. The van der Waals surface area contributed by atoms with E-state index in [9.17, 15) is 4.79 Å². The minimum atomic E-state index is 0.000463. The van der Waals surface area contributed by atoms with Crippen molar-refractivity contribution in [3.63, 3.8) is 0 Å². The Kier molecular flexibility index (Phi) is 4.40. The van der Waals surface area contributed by atoms with Gasteiger partial charge in [0.25, 0.3) is 0 Å². The minimum Gasteiger partial charge on any atom is -0.496 e. The van der Waals surface area contributed by atoms with Crippen LogP contribution in [0.15, 0.2) is 30.5 Å². The molecule has 0 aliphatic rings. The van der Waals surface area contributed by atoms with Crippen LogP contribution < -0.4 is 9.47 Å². The molecule has 0 N–H and O–H groups in total. The fourth-order valence-electron chi connectivity index (χ4n) is 2.14. The summed E-state index contributed by atoms with van der Waals surface area (Å²) in [6.45, 7) is 0. The van der Waals surface area contributed by atoms with Gasteiger partial charge in [-0.1, -0.05) is 6.07 Å². The highest BCUT2D eigenvalue weighted by molar-refractivity contribution is 6.01. The van der Waals surface area contributed by atoms with Crippen molar-refractivity contribution in [1.29, 1.82) is 0 Å². The molecule has 5 nitrogen and oxygen atoms in total. The first-order chi connectivity index (χ1) is 9.67. The largest absolute Gasteiger partial charge is 0.496 e. The Morgan fingerprint density at radius 1 is 1.20 bits per heavy atom. The van der Waals surface area contributed by atoms with E-state index in [0.717, 1.165) is 5.69 Å². The summed E-state index contributed by atoms with van der Waals surface area (Å²) in [4.78, 5) is 12.4. The molecule has 0 saturated heterocycles. The average molecular weight is 274 g/mol. The van der Waals surface area contributed by atoms with Gasteiger partial charge in [-0.05, 0) is 24.6 Å². The summed E-state index contributed by atoms with van der Waals surface area (Å²) >= 11 is 0. The highest BCUT2D eigenvalue weighted by atomic mass is 16.5. The second kappa shape index (κ2) is 6.23. The lowest BCUT2D eigenvalue weighted by Crippen LogP contribution is -2.08.